The van der Waals surface area contributed by atoms with Gasteiger partial charge in [-0.2, -0.15) is 0 Å². The summed E-state index contributed by atoms with van der Waals surface area (Å²) in [6.45, 7) is 7.78. The van der Waals surface area contributed by atoms with E-state index in [4.69, 9.17) is 9.47 Å². The Morgan fingerprint density at radius 3 is 2.36 bits per heavy atom. The second-order valence-corrected chi connectivity index (χ2v) is 5.89. The average Bonchev–Trinajstić information content (AvgIpc) is 2.58. The number of ether oxygens (including phenoxy) is 2. The molecule has 0 unspecified atom stereocenters. The van der Waals surface area contributed by atoms with Crippen LogP contribution in [0.4, 0.5) is 10.1 Å². The highest BCUT2D eigenvalue weighted by Gasteiger charge is 2.17. The van der Waals surface area contributed by atoms with Gasteiger partial charge in [-0.1, -0.05) is 6.07 Å². The highest BCUT2D eigenvalue weighted by molar-refractivity contribution is 5.54. The van der Waals surface area contributed by atoms with E-state index in [-0.39, 0.29) is 5.82 Å². The molecule has 0 saturated carbocycles. The molecule has 0 atom stereocenters. The minimum absolute atomic E-state index is 0.0778. The zero-order valence-electron chi connectivity index (χ0n) is 13.1. The van der Waals surface area contributed by atoms with Crippen molar-refractivity contribution in [1.29, 1.82) is 0 Å². The number of halogens is 1. The number of benzene rings is 1. The van der Waals surface area contributed by atoms with Gasteiger partial charge >= 0.3 is 0 Å². The fourth-order valence-electron chi connectivity index (χ4n) is 3.20. The van der Waals surface area contributed by atoms with Crippen molar-refractivity contribution in [3.8, 4) is 0 Å². The first-order valence-corrected chi connectivity index (χ1v) is 8.25. The summed E-state index contributed by atoms with van der Waals surface area (Å²) in [5.41, 5.74) is 1.91. The Balaban J connectivity index is 1.61. The van der Waals surface area contributed by atoms with Crippen LogP contribution in [0.1, 0.15) is 12.0 Å². The van der Waals surface area contributed by atoms with Crippen molar-refractivity contribution in [2.75, 3.05) is 64.1 Å². The van der Waals surface area contributed by atoms with Crippen LogP contribution in [0.3, 0.4) is 0 Å². The average molecular weight is 308 g/mol. The van der Waals surface area contributed by atoms with Crippen molar-refractivity contribution in [2.24, 2.45) is 0 Å². The molecule has 2 fully saturated rings. The molecule has 0 amide bonds. The van der Waals surface area contributed by atoms with E-state index in [1.807, 2.05) is 12.1 Å². The van der Waals surface area contributed by atoms with Crippen LogP contribution in [0, 0.1) is 5.82 Å². The molecule has 0 bridgehead atoms. The molecule has 2 heterocycles. The molecule has 2 aliphatic rings. The first-order valence-electron chi connectivity index (χ1n) is 8.25. The summed E-state index contributed by atoms with van der Waals surface area (Å²) < 4.78 is 25.0. The van der Waals surface area contributed by atoms with E-state index in [0.29, 0.717) is 0 Å². The third kappa shape index (κ3) is 3.97. The quantitative estimate of drug-likeness (QED) is 0.830. The minimum atomic E-state index is -0.0778. The maximum absolute atomic E-state index is 14.3. The van der Waals surface area contributed by atoms with Gasteiger partial charge in [0.1, 0.15) is 5.82 Å². The fraction of sp³-hybridized carbons (Fsp3) is 0.647. The Kier molecular flexibility index (Phi) is 5.64. The minimum Gasteiger partial charge on any atom is -0.379 e. The molecular weight excluding hydrogens is 283 g/mol. The van der Waals surface area contributed by atoms with E-state index in [1.54, 1.807) is 6.07 Å². The van der Waals surface area contributed by atoms with Crippen molar-refractivity contribution in [1.82, 2.24) is 4.90 Å². The monoisotopic (exact) mass is 308 g/mol. The Morgan fingerprint density at radius 1 is 0.955 bits per heavy atom. The van der Waals surface area contributed by atoms with Gasteiger partial charge in [-0.3, -0.25) is 4.90 Å². The van der Waals surface area contributed by atoms with Gasteiger partial charge in [-0.05, 0) is 31.5 Å². The van der Waals surface area contributed by atoms with Gasteiger partial charge in [0.25, 0.3) is 0 Å². The van der Waals surface area contributed by atoms with Crippen LogP contribution in [-0.4, -0.2) is 64.1 Å². The van der Waals surface area contributed by atoms with Gasteiger partial charge in [0.15, 0.2) is 0 Å². The fourth-order valence-corrected chi connectivity index (χ4v) is 3.20. The maximum atomic E-state index is 14.3. The lowest BCUT2D eigenvalue weighted by Crippen LogP contribution is -2.37. The van der Waals surface area contributed by atoms with E-state index in [2.05, 4.69) is 9.80 Å². The molecule has 3 rings (SSSR count). The number of hydrogen-bond donors (Lipinski definition) is 0. The van der Waals surface area contributed by atoms with Gasteiger partial charge in [-0.25, -0.2) is 4.39 Å². The van der Waals surface area contributed by atoms with E-state index in [0.717, 1.165) is 83.2 Å². The molecule has 0 N–H and O–H groups in total. The predicted octanol–water partition coefficient (Wildman–Crippen LogP) is 1.93. The molecular formula is C17H25FN2O2. The number of anilines is 1. The van der Waals surface area contributed by atoms with Crippen LogP contribution in [0.5, 0.6) is 0 Å². The zero-order chi connectivity index (χ0) is 15.2. The van der Waals surface area contributed by atoms with E-state index < -0.39 is 0 Å². The summed E-state index contributed by atoms with van der Waals surface area (Å²) in [6.07, 6.45) is 1.77. The predicted molar refractivity (Wildman–Crippen MR) is 85.0 cm³/mol. The van der Waals surface area contributed by atoms with Crippen LogP contribution in [0.25, 0.3) is 0 Å². The molecule has 0 spiro atoms. The molecule has 0 aromatic heterocycles. The van der Waals surface area contributed by atoms with Crippen LogP contribution >= 0.6 is 0 Å². The zero-order valence-corrected chi connectivity index (χ0v) is 13.1. The summed E-state index contributed by atoms with van der Waals surface area (Å²) in [6, 6.07) is 5.43. The Morgan fingerprint density at radius 2 is 1.64 bits per heavy atom. The van der Waals surface area contributed by atoms with Crippen molar-refractivity contribution in [2.45, 2.75) is 12.8 Å². The number of morpholine rings is 2. The molecule has 0 radical (unpaired) electrons. The first kappa shape index (κ1) is 15.7. The normalized spacial score (nSPS) is 20.3. The van der Waals surface area contributed by atoms with Crippen LogP contribution in [-0.2, 0) is 15.9 Å². The summed E-state index contributed by atoms with van der Waals surface area (Å²) in [7, 11) is 0. The van der Waals surface area contributed by atoms with E-state index >= 15 is 0 Å². The van der Waals surface area contributed by atoms with Gasteiger partial charge in [0.2, 0.25) is 0 Å². The molecule has 22 heavy (non-hydrogen) atoms. The van der Waals surface area contributed by atoms with Gasteiger partial charge in [-0.15, -0.1) is 0 Å². The maximum Gasteiger partial charge on any atom is 0.128 e. The molecule has 4 nitrogen and oxygen atoms in total. The molecule has 122 valence electrons. The Hall–Kier alpha value is -1.17. The Labute approximate surface area is 131 Å². The van der Waals surface area contributed by atoms with Crippen molar-refractivity contribution in [3.63, 3.8) is 0 Å². The molecule has 0 aliphatic carbocycles. The van der Waals surface area contributed by atoms with Crippen LogP contribution < -0.4 is 4.90 Å². The van der Waals surface area contributed by atoms with Crippen LogP contribution in [0.2, 0.25) is 0 Å². The standard InChI is InChI=1S/C17H25FN2O2/c18-16-4-1-5-17(20-9-13-22-14-10-20)15(16)3-2-6-19-7-11-21-12-8-19/h1,4-5H,2-3,6-14H2. The molecule has 2 aliphatic heterocycles. The van der Waals surface area contributed by atoms with E-state index in [9.17, 15) is 4.39 Å². The Bertz CT molecular complexity index is 472. The number of rotatable bonds is 5. The summed E-state index contributed by atoms with van der Waals surface area (Å²) in [5.74, 6) is -0.0778. The van der Waals surface area contributed by atoms with Gasteiger partial charge in [0.05, 0.1) is 26.4 Å². The molecule has 2 saturated heterocycles. The number of nitrogens with zero attached hydrogens (tertiary/aromatic N) is 2. The largest absolute Gasteiger partial charge is 0.379 e. The van der Waals surface area contributed by atoms with E-state index in [1.165, 1.54) is 0 Å². The summed E-state index contributed by atoms with van der Waals surface area (Å²) in [5, 5.41) is 0. The van der Waals surface area contributed by atoms with Crippen molar-refractivity contribution in [3.05, 3.63) is 29.6 Å². The lowest BCUT2D eigenvalue weighted by Gasteiger charge is -2.31. The third-order valence-electron chi connectivity index (χ3n) is 4.45. The third-order valence-corrected chi connectivity index (χ3v) is 4.45. The van der Waals surface area contributed by atoms with Gasteiger partial charge < -0.3 is 14.4 Å². The van der Waals surface area contributed by atoms with Crippen molar-refractivity contribution < 1.29 is 13.9 Å². The molecule has 1 aromatic carbocycles. The second-order valence-electron chi connectivity index (χ2n) is 5.89. The summed E-state index contributed by atoms with van der Waals surface area (Å²) in [4.78, 5) is 4.65. The number of hydrogen-bond acceptors (Lipinski definition) is 4. The molecule has 5 heteroatoms. The summed E-state index contributed by atoms with van der Waals surface area (Å²) >= 11 is 0. The SMILES string of the molecule is Fc1cccc(N2CCOCC2)c1CCCN1CCOCC1. The van der Waals surface area contributed by atoms with Crippen LogP contribution in [0.15, 0.2) is 18.2 Å². The van der Waals surface area contributed by atoms with Crippen molar-refractivity contribution >= 4 is 5.69 Å². The van der Waals surface area contributed by atoms with Gasteiger partial charge in [0, 0.05) is 37.4 Å². The lowest BCUT2D eigenvalue weighted by molar-refractivity contribution is 0.0374. The lowest BCUT2D eigenvalue weighted by atomic mass is 10.0. The first-order chi connectivity index (χ1) is 10.8. The second kappa shape index (κ2) is 7.90. The molecule has 1 aromatic rings. The highest BCUT2D eigenvalue weighted by Crippen LogP contribution is 2.25. The highest BCUT2D eigenvalue weighted by atomic mass is 19.1. The topological polar surface area (TPSA) is 24.9 Å². The smallest absolute Gasteiger partial charge is 0.128 e.